The summed E-state index contributed by atoms with van der Waals surface area (Å²) in [5, 5.41) is 1.30. The highest BCUT2D eigenvalue weighted by molar-refractivity contribution is 6.27. The van der Waals surface area contributed by atoms with E-state index in [1.807, 2.05) is 17.3 Å². The molecule has 0 bridgehead atoms. The fraction of sp³-hybridized carbons (Fsp3) is 0.391. The summed E-state index contributed by atoms with van der Waals surface area (Å²) in [6.07, 6.45) is 5.66. The van der Waals surface area contributed by atoms with Crippen LogP contribution in [0.4, 0.5) is 0 Å². The van der Waals surface area contributed by atoms with Crippen molar-refractivity contribution in [3.05, 3.63) is 53.9 Å². The smallest absolute Gasteiger partial charge is 0.237 e. The zero-order valence-corrected chi connectivity index (χ0v) is 17.2. The molecule has 3 heterocycles. The van der Waals surface area contributed by atoms with Gasteiger partial charge in [0.25, 0.3) is 0 Å². The zero-order valence-electron chi connectivity index (χ0n) is 16.4. The van der Waals surface area contributed by atoms with E-state index in [0.717, 1.165) is 25.9 Å². The van der Waals surface area contributed by atoms with E-state index in [2.05, 4.69) is 54.1 Å². The van der Waals surface area contributed by atoms with Crippen LogP contribution < -0.4 is 0 Å². The van der Waals surface area contributed by atoms with E-state index < -0.39 is 0 Å². The number of benzene rings is 1. The van der Waals surface area contributed by atoms with Gasteiger partial charge < -0.3 is 9.88 Å². The van der Waals surface area contributed by atoms with Gasteiger partial charge in [0.2, 0.25) is 5.91 Å². The van der Waals surface area contributed by atoms with Crippen molar-refractivity contribution in [3.8, 4) is 11.3 Å². The summed E-state index contributed by atoms with van der Waals surface area (Å²) in [4.78, 5) is 21.5. The molecule has 4 rings (SSSR count). The van der Waals surface area contributed by atoms with Crippen molar-refractivity contribution in [2.45, 2.75) is 38.5 Å². The third kappa shape index (κ3) is 3.53. The average molecular weight is 396 g/mol. The van der Waals surface area contributed by atoms with E-state index in [-0.39, 0.29) is 11.8 Å². The Hall–Kier alpha value is -2.33. The normalized spacial score (nSPS) is 15.5. The predicted molar refractivity (Wildman–Crippen MR) is 115 cm³/mol. The van der Waals surface area contributed by atoms with Crippen LogP contribution in [-0.4, -0.2) is 39.7 Å². The number of halogens is 1. The van der Waals surface area contributed by atoms with E-state index in [9.17, 15) is 4.79 Å². The van der Waals surface area contributed by atoms with Crippen LogP contribution in [0.2, 0.25) is 0 Å². The average Bonchev–Trinajstić information content (AvgIpc) is 3.13. The molecular formula is C23H26ClN3O. The number of rotatable bonds is 4. The van der Waals surface area contributed by atoms with Crippen molar-refractivity contribution < 1.29 is 4.79 Å². The maximum absolute atomic E-state index is 11.8. The molecule has 0 spiro atoms. The summed E-state index contributed by atoms with van der Waals surface area (Å²) in [6.45, 7) is 6.08. The quantitative estimate of drug-likeness (QED) is 0.609. The lowest BCUT2D eigenvalue weighted by atomic mass is 9.87. The Morgan fingerprint density at radius 2 is 1.93 bits per heavy atom. The van der Waals surface area contributed by atoms with Crippen LogP contribution in [0.1, 0.15) is 49.7 Å². The van der Waals surface area contributed by atoms with Gasteiger partial charge in [0.1, 0.15) is 5.88 Å². The first kappa shape index (κ1) is 19.0. The summed E-state index contributed by atoms with van der Waals surface area (Å²) in [5.41, 5.74) is 6.26. The molecule has 146 valence electrons. The number of aromatic amines is 1. The Balaban J connectivity index is 1.68. The number of pyridine rings is 1. The van der Waals surface area contributed by atoms with Crippen LogP contribution in [0.15, 0.2) is 42.7 Å². The van der Waals surface area contributed by atoms with Crippen LogP contribution in [0.3, 0.4) is 0 Å². The first-order valence-corrected chi connectivity index (χ1v) is 10.5. The van der Waals surface area contributed by atoms with Gasteiger partial charge >= 0.3 is 0 Å². The first-order valence-electron chi connectivity index (χ1n) is 9.98. The van der Waals surface area contributed by atoms with Gasteiger partial charge in [0.05, 0.1) is 5.69 Å². The van der Waals surface area contributed by atoms with Crippen molar-refractivity contribution in [3.63, 3.8) is 0 Å². The lowest BCUT2D eigenvalue weighted by Gasteiger charge is -2.32. The zero-order chi connectivity index (χ0) is 19.7. The molecular weight excluding hydrogens is 370 g/mol. The highest BCUT2D eigenvalue weighted by Crippen LogP contribution is 2.38. The van der Waals surface area contributed by atoms with Gasteiger partial charge in [-0.25, -0.2) is 0 Å². The third-order valence-electron chi connectivity index (χ3n) is 5.84. The molecule has 1 aliphatic rings. The number of amides is 1. The second kappa shape index (κ2) is 7.96. The maximum atomic E-state index is 11.8. The number of fused-ring (bicyclic) bond motifs is 1. The molecule has 1 N–H and O–H groups in total. The van der Waals surface area contributed by atoms with Crippen molar-refractivity contribution in [1.29, 1.82) is 0 Å². The Kier molecular flexibility index (Phi) is 5.40. The number of piperidine rings is 1. The molecule has 4 nitrogen and oxygen atoms in total. The minimum absolute atomic E-state index is 0.0466. The van der Waals surface area contributed by atoms with Gasteiger partial charge in [-0.3, -0.25) is 9.78 Å². The molecule has 1 saturated heterocycles. The van der Waals surface area contributed by atoms with Crippen LogP contribution in [0.5, 0.6) is 0 Å². The van der Waals surface area contributed by atoms with Crippen molar-refractivity contribution >= 4 is 28.4 Å². The molecule has 0 saturated carbocycles. The van der Waals surface area contributed by atoms with Gasteiger partial charge in [-0.2, -0.15) is 0 Å². The highest BCUT2D eigenvalue weighted by atomic mass is 35.5. The molecule has 5 heteroatoms. The largest absolute Gasteiger partial charge is 0.354 e. The van der Waals surface area contributed by atoms with Crippen LogP contribution in [-0.2, 0) is 4.79 Å². The summed E-state index contributed by atoms with van der Waals surface area (Å²) in [6, 6.07) is 10.9. The number of nitrogens with zero attached hydrogens (tertiary/aromatic N) is 2. The monoisotopic (exact) mass is 395 g/mol. The number of carbonyl (C=O) groups is 1. The Labute approximate surface area is 170 Å². The lowest BCUT2D eigenvalue weighted by molar-refractivity contribution is -0.129. The van der Waals surface area contributed by atoms with Crippen LogP contribution >= 0.6 is 11.6 Å². The van der Waals surface area contributed by atoms with E-state index in [1.54, 1.807) is 0 Å². The molecule has 1 aliphatic heterocycles. The van der Waals surface area contributed by atoms with Gasteiger partial charge in [0, 0.05) is 41.9 Å². The molecule has 28 heavy (non-hydrogen) atoms. The van der Waals surface area contributed by atoms with Gasteiger partial charge in [0.15, 0.2) is 0 Å². The molecule has 0 atom stereocenters. The number of hydrogen-bond acceptors (Lipinski definition) is 2. The summed E-state index contributed by atoms with van der Waals surface area (Å²) in [7, 11) is 0. The fourth-order valence-electron chi connectivity index (χ4n) is 4.38. The molecule has 1 aromatic carbocycles. The number of nitrogens with one attached hydrogen (secondary N) is 1. The number of H-pyrrole nitrogens is 1. The Bertz CT molecular complexity index is 972. The van der Waals surface area contributed by atoms with Gasteiger partial charge in [-0.1, -0.05) is 19.9 Å². The molecule has 1 fully saturated rings. The molecule has 0 aliphatic carbocycles. The number of likely N-dealkylation sites (tertiary alicyclic amines) is 1. The van der Waals surface area contributed by atoms with Crippen molar-refractivity contribution in [1.82, 2.24) is 14.9 Å². The predicted octanol–water partition coefficient (Wildman–Crippen LogP) is 5.30. The fourth-order valence-corrected chi connectivity index (χ4v) is 4.55. The van der Waals surface area contributed by atoms with E-state index in [4.69, 9.17) is 11.6 Å². The standard InChI is InChI=1S/C23H26ClN3O/c1-15(2)22-19-13-18(16-7-11-27(12-8-16)21(28)14-24)3-4-20(19)26-23(22)17-5-9-25-10-6-17/h3-6,9-10,13,15-16,26H,7-8,11-12,14H2,1-2H3. The summed E-state index contributed by atoms with van der Waals surface area (Å²) < 4.78 is 0. The first-order chi connectivity index (χ1) is 13.6. The van der Waals surface area contributed by atoms with E-state index in [1.165, 1.54) is 33.3 Å². The van der Waals surface area contributed by atoms with E-state index in [0.29, 0.717) is 11.8 Å². The minimum atomic E-state index is 0.0466. The van der Waals surface area contributed by atoms with Crippen LogP contribution in [0, 0.1) is 0 Å². The van der Waals surface area contributed by atoms with Crippen molar-refractivity contribution in [2.75, 3.05) is 19.0 Å². The summed E-state index contributed by atoms with van der Waals surface area (Å²) >= 11 is 5.71. The maximum Gasteiger partial charge on any atom is 0.237 e. The van der Waals surface area contributed by atoms with Gasteiger partial charge in [-0.05, 0) is 60.1 Å². The Morgan fingerprint density at radius 1 is 1.21 bits per heavy atom. The van der Waals surface area contributed by atoms with E-state index >= 15 is 0 Å². The molecule has 1 amide bonds. The van der Waals surface area contributed by atoms with Gasteiger partial charge in [-0.15, -0.1) is 11.6 Å². The number of hydrogen-bond donors (Lipinski definition) is 1. The summed E-state index contributed by atoms with van der Waals surface area (Å²) in [5.74, 6) is 1.03. The molecule has 3 aromatic rings. The number of aromatic nitrogens is 2. The van der Waals surface area contributed by atoms with Crippen molar-refractivity contribution in [2.24, 2.45) is 0 Å². The minimum Gasteiger partial charge on any atom is -0.354 e. The highest BCUT2D eigenvalue weighted by Gasteiger charge is 2.24. The number of alkyl halides is 1. The number of carbonyl (C=O) groups excluding carboxylic acids is 1. The van der Waals surface area contributed by atoms with Crippen LogP contribution in [0.25, 0.3) is 22.2 Å². The topological polar surface area (TPSA) is 49.0 Å². The second-order valence-electron chi connectivity index (χ2n) is 7.90. The SMILES string of the molecule is CC(C)c1c(-c2ccncc2)[nH]c2ccc(C3CCN(C(=O)CCl)CC3)cc12. The molecule has 0 radical (unpaired) electrons. The second-order valence-corrected chi connectivity index (χ2v) is 8.17. The lowest BCUT2D eigenvalue weighted by Crippen LogP contribution is -2.38. The molecule has 0 unspecified atom stereocenters. The Morgan fingerprint density at radius 3 is 2.57 bits per heavy atom. The third-order valence-corrected chi connectivity index (χ3v) is 6.07. The molecule has 2 aromatic heterocycles.